The second kappa shape index (κ2) is 7.40. The Morgan fingerprint density at radius 3 is 2.67 bits per heavy atom. The number of nitrogens with one attached hydrogen (secondary N) is 1. The minimum absolute atomic E-state index is 0.230. The predicted octanol–water partition coefficient (Wildman–Crippen LogP) is 4.06. The number of allylic oxidation sites excluding steroid dienone is 3. The zero-order valence-electron chi connectivity index (χ0n) is 14.5. The van der Waals surface area contributed by atoms with Gasteiger partial charge in [0.2, 0.25) is 0 Å². The molecule has 0 aliphatic rings. The molecule has 0 radical (unpaired) electrons. The van der Waals surface area contributed by atoms with Crippen molar-refractivity contribution in [2.75, 3.05) is 19.0 Å². The van der Waals surface area contributed by atoms with Gasteiger partial charge in [-0.2, -0.15) is 0 Å². The molecular formula is C18H22N4OS. The Bertz CT molecular complexity index is 820. The Morgan fingerprint density at radius 1 is 1.42 bits per heavy atom. The molecule has 1 N–H and O–H groups in total. The average molecular weight is 342 g/mol. The highest BCUT2D eigenvalue weighted by Gasteiger charge is 2.20. The van der Waals surface area contributed by atoms with Crippen LogP contribution in [0.15, 0.2) is 36.6 Å². The van der Waals surface area contributed by atoms with E-state index in [2.05, 4.69) is 24.6 Å². The molecule has 0 aliphatic heterocycles. The molecule has 6 heteroatoms. The summed E-state index contributed by atoms with van der Waals surface area (Å²) >= 11 is 1.36. The molecule has 126 valence electrons. The van der Waals surface area contributed by atoms with Crippen molar-refractivity contribution in [3.05, 3.63) is 47.1 Å². The molecule has 2 rings (SSSR count). The van der Waals surface area contributed by atoms with Gasteiger partial charge in [0.25, 0.3) is 5.91 Å². The van der Waals surface area contributed by atoms with Gasteiger partial charge in [-0.1, -0.05) is 19.6 Å². The maximum Gasteiger partial charge on any atom is 0.273 e. The van der Waals surface area contributed by atoms with Crippen molar-refractivity contribution in [1.29, 1.82) is 5.41 Å². The Hall–Kier alpha value is -2.47. The molecule has 2 heterocycles. The number of aromatic nitrogens is 1. The van der Waals surface area contributed by atoms with Crippen molar-refractivity contribution in [2.45, 2.75) is 20.3 Å². The summed E-state index contributed by atoms with van der Waals surface area (Å²) < 4.78 is 0. The first kappa shape index (κ1) is 17.9. The summed E-state index contributed by atoms with van der Waals surface area (Å²) in [4.78, 5) is 22.2. The van der Waals surface area contributed by atoms with Gasteiger partial charge < -0.3 is 4.90 Å². The van der Waals surface area contributed by atoms with Crippen molar-refractivity contribution < 1.29 is 4.79 Å². The Balaban J connectivity index is 2.55. The van der Waals surface area contributed by atoms with Crippen molar-refractivity contribution in [1.82, 2.24) is 9.88 Å². The molecule has 0 saturated heterocycles. The van der Waals surface area contributed by atoms with Crippen LogP contribution in [0, 0.1) is 5.41 Å². The highest BCUT2D eigenvalue weighted by atomic mass is 32.1. The number of amides is 1. The number of anilines is 1. The van der Waals surface area contributed by atoms with Gasteiger partial charge in [-0.15, -0.1) is 11.3 Å². The summed E-state index contributed by atoms with van der Waals surface area (Å²) in [6.07, 6.45) is 5.17. The normalized spacial score (nSPS) is 11.4. The molecule has 0 bridgehead atoms. The van der Waals surface area contributed by atoms with Gasteiger partial charge in [0, 0.05) is 36.6 Å². The summed E-state index contributed by atoms with van der Waals surface area (Å²) in [6.45, 7) is 7.47. The summed E-state index contributed by atoms with van der Waals surface area (Å²) in [7, 11) is 3.96. The third-order valence-corrected chi connectivity index (χ3v) is 4.70. The van der Waals surface area contributed by atoms with Gasteiger partial charge in [0.15, 0.2) is 0 Å². The third-order valence-electron chi connectivity index (χ3n) is 3.68. The lowest BCUT2D eigenvalue weighted by atomic mass is 10.2. The van der Waals surface area contributed by atoms with E-state index < -0.39 is 0 Å². The van der Waals surface area contributed by atoms with Crippen molar-refractivity contribution in [2.24, 2.45) is 0 Å². The van der Waals surface area contributed by atoms with E-state index in [1.54, 1.807) is 19.1 Å². The molecule has 5 nitrogen and oxygen atoms in total. The summed E-state index contributed by atoms with van der Waals surface area (Å²) in [5.41, 5.74) is 2.70. The van der Waals surface area contributed by atoms with E-state index in [-0.39, 0.29) is 5.91 Å². The number of hydrogen-bond donors (Lipinski definition) is 1. The minimum Gasteiger partial charge on any atom is -0.377 e. The number of thiophene rings is 1. The first-order valence-corrected chi connectivity index (χ1v) is 8.48. The van der Waals surface area contributed by atoms with E-state index in [9.17, 15) is 4.79 Å². The monoisotopic (exact) mass is 342 g/mol. The fraction of sp³-hybridized carbons (Fsp3) is 0.278. The maximum atomic E-state index is 12.8. The minimum atomic E-state index is -0.230. The van der Waals surface area contributed by atoms with E-state index in [4.69, 9.17) is 5.41 Å². The van der Waals surface area contributed by atoms with Crippen LogP contribution in [0.5, 0.6) is 0 Å². The molecule has 2 aromatic rings. The molecule has 0 fully saturated rings. The number of rotatable bonds is 6. The fourth-order valence-corrected chi connectivity index (χ4v) is 3.40. The van der Waals surface area contributed by atoms with Crippen LogP contribution >= 0.6 is 11.3 Å². The smallest absolute Gasteiger partial charge is 0.273 e. The molecule has 0 unspecified atom stereocenters. The van der Waals surface area contributed by atoms with E-state index in [1.807, 2.05) is 25.1 Å². The van der Waals surface area contributed by atoms with Gasteiger partial charge in [0.1, 0.15) is 4.83 Å². The second-order valence-electron chi connectivity index (χ2n) is 5.56. The van der Waals surface area contributed by atoms with Crippen LogP contribution in [-0.2, 0) is 6.42 Å². The number of hydrogen-bond acceptors (Lipinski definition) is 5. The van der Waals surface area contributed by atoms with E-state index in [0.29, 0.717) is 10.6 Å². The number of carbonyl (C=O) groups is 1. The summed E-state index contributed by atoms with van der Waals surface area (Å²) in [5.74, 6) is -0.230. The van der Waals surface area contributed by atoms with Crippen LogP contribution in [0.2, 0.25) is 0 Å². The number of carbonyl (C=O) groups excluding carboxylic acids is 1. The second-order valence-corrected chi connectivity index (χ2v) is 6.59. The van der Waals surface area contributed by atoms with E-state index in [1.165, 1.54) is 16.2 Å². The van der Waals surface area contributed by atoms with Crippen LogP contribution in [0.4, 0.5) is 5.69 Å². The lowest BCUT2D eigenvalue weighted by Gasteiger charge is -2.16. The molecule has 0 saturated carbocycles. The number of aryl methyl sites for hydroxylation is 1. The van der Waals surface area contributed by atoms with E-state index >= 15 is 0 Å². The molecule has 0 atom stereocenters. The van der Waals surface area contributed by atoms with Crippen LogP contribution in [0.25, 0.3) is 10.2 Å². The lowest BCUT2D eigenvalue weighted by Crippen LogP contribution is -2.26. The highest BCUT2D eigenvalue weighted by Crippen LogP contribution is 2.33. The van der Waals surface area contributed by atoms with Gasteiger partial charge >= 0.3 is 0 Å². The average Bonchev–Trinajstić information content (AvgIpc) is 2.98. The standard InChI is InChI=1S/C18H22N4OS/c1-6-8-12(3)22(11-19)18(23)16-10-14-15(21(4)5)9-13(7-2)20-17(14)24-16/h6,8-11,19H,1,7H2,2-5H3/b12-8+,19-11?. The molecule has 24 heavy (non-hydrogen) atoms. The zero-order chi connectivity index (χ0) is 17.9. The number of fused-ring (bicyclic) bond motifs is 1. The molecule has 0 aliphatic carbocycles. The Morgan fingerprint density at radius 2 is 2.12 bits per heavy atom. The van der Waals surface area contributed by atoms with Crippen LogP contribution < -0.4 is 4.90 Å². The van der Waals surface area contributed by atoms with Gasteiger partial charge in [-0.25, -0.2) is 4.98 Å². The molecular weight excluding hydrogens is 320 g/mol. The Kier molecular flexibility index (Phi) is 5.51. The van der Waals surface area contributed by atoms with Crippen molar-refractivity contribution in [3.63, 3.8) is 0 Å². The maximum absolute atomic E-state index is 12.8. The molecule has 0 spiro atoms. The van der Waals surface area contributed by atoms with Crippen LogP contribution in [-0.4, -0.2) is 36.2 Å². The van der Waals surface area contributed by atoms with Gasteiger partial charge in [-0.3, -0.25) is 15.1 Å². The fourth-order valence-electron chi connectivity index (χ4n) is 2.39. The third kappa shape index (κ3) is 3.38. The first-order chi connectivity index (χ1) is 11.4. The largest absolute Gasteiger partial charge is 0.377 e. The van der Waals surface area contributed by atoms with Crippen molar-refractivity contribution >= 4 is 39.5 Å². The SMILES string of the molecule is C=C/C=C(\C)N(C=N)C(=O)c1cc2c(N(C)C)cc(CC)nc2s1. The topological polar surface area (TPSA) is 60.3 Å². The lowest BCUT2D eigenvalue weighted by molar-refractivity contribution is 0.0886. The molecule has 2 aromatic heterocycles. The number of pyridine rings is 1. The first-order valence-electron chi connectivity index (χ1n) is 7.67. The zero-order valence-corrected chi connectivity index (χ0v) is 15.3. The molecule has 1 amide bonds. The van der Waals surface area contributed by atoms with E-state index in [0.717, 1.165) is 34.4 Å². The van der Waals surface area contributed by atoms with Crippen molar-refractivity contribution in [3.8, 4) is 0 Å². The summed E-state index contributed by atoms with van der Waals surface area (Å²) in [6, 6.07) is 3.92. The quantitative estimate of drug-likeness (QED) is 0.489. The van der Waals surface area contributed by atoms with Crippen LogP contribution in [0.1, 0.15) is 29.2 Å². The summed E-state index contributed by atoms with van der Waals surface area (Å²) in [5, 5.41) is 8.50. The number of nitrogens with zero attached hydrogens (tertiary/aromatic N) is 3. The predicted molar refractivity (Wildman–Crippen MR) is 102 cm³/mol. The molecule has 0 aromatic carbocycles. The van der Waals surface area contributed by atoms with Gasteiger partial charge in [0.05, 0.1) is 11.2 Å². The highest BCUT2D eigenvalue weighted by molar-refractivity contribution is 7.20. The Labute approximate surface area is 146 Å². The van der Waals surface area contributed by atoms with Gasteiger partial charge in [-0.05, 0) is 31.6 Å². The van der Waals surface area contributed by atoms with Crippen LogP contribution in [0.3, 0.4) is 0 Å².